The van der Waals surface area contributed by atoms with Gasteiger partial charge in [-0.2, -0.15) is 0 Å². The molecule has 12 heteroatoms. The number of carbonyl (C=O) groups is 2. The Morgan fingerprint density at radius 2 is 1.76 bits per heavy atom. The molecule has 1 atom stereocenters. The Bertz CT molecular complexity index is 1080. The number of nitrogens with zero attached hydrogens (tertiary/aromatic N) is 2. The second-order valence-corrected chi connectivity index (χ2v) is 8.44. The number of halogens is 1. The van der Waals surface area contributed by atoms with Gasteiger partial charge in [-0.3, -0.25) is 4.79 Å². The molecule has 10 nitrogen and oxygen atoms in total. The van der Waals surface area contributed by atoms with Crippen molar-refractivity contribution in [3.8, 4) is 0 Å². The van der Waals surface area contributed by atoms with Crippen molar-refractivity contribution < 1.29 is 48.2 Å². The number of aliphatic carboxylic acids is 1. The molecule has 2 aromatic rings. The normalized spacial score (nSPS) is 16.1. The van der Waals surface area contributed by atoms with Gasteiger partial charge < -0.3 is 45.8 Å². The van der Waals surface area contributed by atoms with Crippen molar-refractivity contribution in [3.63, 3.8) is 0 Å². The maximum absolute atomic E-state index is 14.6. The number of nitrogens with two attached hydrogens (primary N) is 1. The van der Waals surface area contributed by atoms with E-state index in [1.165, 1.54) is 12.3 Å². The SMILES string of the molecule is CC(C)C(N)C(=O)[O-].O=C([O-])c1cn(C2CC2)c2cc(N3CCNCC3)c(F)cc2c1=O.[O-2].[V+4]. The van der Waals surface area contributed by atoms with Crippen LogP contribution in [-0.2, 0) is 28.8 Å². The average Bonchev–Trinajstić information content (AvgIpc) is 3.59. The molecule has 1 aliphatic carbocycles. The van der Waals surface area contributed by atoms with E-state index in [-0.39, 0.29) is 41.4 Å². The van der Waals surface area contributed by atoms with Gasteiger partial charge in [0.15, 0.2) is 5.43 Å². The summed E-state index contributed by atoms with van der Waals surface area (Å²) >= 11 is 0. The van der Waals surface area contributed by atoms with Crippen LogP contribution >= 0.6 is 0 Å². The first kappa shape index (κ1) is 29.6. The zero-order valence-corrected chi connectivity index (χ0v) is 20.3. The monoisotopic (exact) mass is 513 g/mol. The van der Waals surface area contributed by atoms with E-state index in [2.05, 4.69) is 5.32 Å². The second kappa shape index (κ2) is 12.3. The fourth-order valence-corrected chi connectivity index (χ4v) is 3.58. The number of piperazine rings is 1. The Hall–Kier alpha value is -2.44. The Kier molecular flexibility index (Phi) is 10.7. The van der Waals surface area contributed by atoms with Crippen LogP contribution in [0.1, 0.15) is 43.1 Å². The molecule has 183 valence electrons. The van der Waals surface area contributed by atoms with Crippen LogP contribution in [0.4, 0.5) is 10.1 Å². The number of rotatable bonds is 5. The number of nitrogens with one attached hydrogen (secondary N) is 1. The number of carboxylic acids is 2. The minimum absolute atomic E-state index is 0. The zero-order valence-electron chi connectivity index (χ0n) is 19.0. The maximum atomic E-state index is 14.6. The van der Waals surface area contributed by atoms with Gasteiger partial charge in [0, 0.05) is 49.8 Å². The molecule has 0 amide bonds. The first-order valence-corrected chi connectivity index (χ1v) is 10.6. The van der Waals surface area contributed by atoms with E-state index in [4.69, 9.17) is 5.73 Å². The smallest absolute Gasteiger partial charge is 2.00 e. The summed E-state index contributed by atoms with van der Waals surface area (Å²) < 4.78 is 16.4. The van der Waals surface area contributed by atoms with Gasteiger partial charge in [-0.15, -0.1) is 0 Å². The molecule has 3 N–H and O–H groups in total. The molecule has 1 radical (unpaired) electrons. The Morgan fingerprint density at radius 1 is 1.18 bits per heavy atom. The van der Waals surface area contributed by atoms with Crippen molar-refractivity contribution in [1.29, 1.82) is 0 Å². The van der Waals surface area contributed by atoms with Crippen LogP contribution in [0, 0.1) is 11.7 Å². The minimum atomic E-state index is -1.53. The first-order valence-electron chi connectivity index (χ1n) is 10.6. The van der Waals surface area contributed by atoms with Gasteiger partial charge in [0.2, 0.25) is 0 Å². The molecule has 0 bridgehead atoms. The first-order chi connectivity index (χ1) is 15.1. The van der Waals surface area contributed by atoms with E-state index in [1.807, 2.05) is 4.90 Å². The molecular formula is C22H27FN4O6V. The number of anilines is 1. The molecule has 1 unspecified atom stereocenters. The van der Waals surface area contributed by atoms with E-state index >= 15 is 0 Å². The predicted octanol–water partition coefficient (Wildman–Crippen LogP) is -1.15. The molecule has 1 aromatic carbocycles. The molecule has 2 aliphatic rings. The molecule has 1 saturated carbocycles. The van der Waals surface area contributed by atoms with E-state index in [9.17, 15) is 29.0 Å². The van der Waals surface area contributed by atoms with E-state index in [0.717, 1.165) is 25.9 Å². The standard InChI is InChI=1S/C17H18FN3O3.C5H11NO2.O.V/c18-13-7-11-14(8-15(13)20-5-3-19-4-6-20)21(10-1-2-10)9-12(16(11)22)17(23)24;1-3(2)4(6)5(7)8;;/h7-10,19H,1-6H2,(H,23,24);3-4H,6H2,1-2H3,(H,7,8);;/q;;-2;+4/p-2. The number of hydrogen-bond donors (Lipinski definition) is 2. The summed E-state index contributed by atoms with van der Waals surface area (Å²) in [5.74, 6) is -3.25. The molecular weight excluding hydrogens is 486 g/mol. The number of fused-ring (bicyclic) bond motifs is 1. The van der Waals surface area contributed by atoms with Crippen molar-refractivity contribution >= 4 is 28.5 Å². The van der Waals surface area contributed by atoms with E-state index < -0.39 is 34.8 Å². The topological polar surface area (TPSA) is 172 Å². The summed E-state index contributed by atoms with van der Waals surface area (Å²) in [5.41, 5.74) is 5.04. The zero-order chi connectivity index (χ0) is 23.6. The molecule has 0 spiro atoms. The van der Waals surface area contributed by atoms with Crippen LogP contribution in [0.5, 0.6) is 0 Å². The Balaban J connectivity index is 0.000000505. The molecule has 1 aromatic heterocycles. The third-order valence-corrected chi connectivity index (χ3v) is 5.71. The Morgan fingerprint density at radius 3 is 2.21 bits per heavy atom. The quantitative estimate of drug-likeness (QED) is 0.504. The third-order valence-electron chi connectivity index (χ3n) is 5.71. The molecule has 34 heavy (non-hydrogen) atoms. The largest absolute Gasteiger partial charge is 4.00 e. The van der Waals surface area contributed by atoms with Crippen LogP contribution in [0.3, 0.4) is 0 Å². The van der Waals surface area contributed by atoms with Gasteiger partial charge >= 0.3 is 18.6 Å². The van der Waals surface area contributed by atoms with Gasteiger partial charge in [0.25, 0.3) is 0 Å². The van der Waals surface area contributed by atoms with Crippen LogP contribution in [-0.4, -0.2) is 48.7 Å². The van der Waals surface area contributed by atoms with E-state index in [1.54, 1.807) is 24.5 Å². The van der Waals surface area contributed by atoms with Gasteiger partial charge in [-0.05, 0) is 30.9 Å². The van der Waals surface area contributed by atoms with Crippen molar-refractivity contribution in [1.82, 2.24) is 9.88 Å². The minimum Gasteiger partial charge on any atom is -2.00 e. The summed E-state index contributed by atoms with van der Waals surface area (Å²) in [5, 5.41) is 24.4. The van der Waals surface area contributed by atoms with Crippen molar-refractivity contribution in [2.45, 2.75) is 38.8 Å². The van der Waals surface area contributed by atoms with Gasteiger partial charge in [-0.1, -0.05) is 13.8 Å². The van der Waals surface area contributed by atoms with Gasteiger partial charge in [0.05, 0.1) is 28.7 Å². The van der Waals surface area contributed by atoms with Crippen molar-refractivity contribution in [2.24, 2.45) is 11.7 Å². The average molecular weight is 513 g/mol. The molecule has 2 heterocycles. The summed E-state index contributed by atoms with van der Waals surface area (Å²) in [6.45, 7) is 6.40. The van der Waals surface area contributed by atoms with Crippen molar-refractivity contribution in [3.05, 3.63) is 39.9 Å². The third kappa shape index (κ3) is 6.58. The number of aromatic nitrogens is 1. The van der Waals surface area contributed by atoms with Gasteiger partial charge in [-0.25, -0.2) is 4.39 Å². The van der Waals surface area contributed by atoms with Gasteiger partial charge in [0.1, 0.15) is 5.82 Å². The molecule has 4 rings (SSSR count). The number of aromatic carboxylic acids is 1. The summed E-state index contributed by atoms with van der Waals surface area (Å²) in [6, 6.07) is 2.18. The van der Waals surface area contributed by atoms with Crippen LogP contribution in [0.2, 0.25) is 0 Å². The number of benzene rings is 1. The maximum Gasteiger partial charge on any atom is 4.00 e. The molecule has 1 saturated heterocycles. The second-order valence-electron chi connectivity index (χ2n) is 8.44. The van der Waals surface area contributed by atoms with Crippen LogP contribution < -0.4 is 31.6 Å². The Labute approximate surface area is 208 Å². The van der Waals surface area contributed by atoms with Crippen LogP contribution in [0.15, 0.2) is 23.1 Å². The van der Waals surface area contributed by atoms with Crippen LogP contribution in [0.25, 0.3) is 10.9 Å². The molecule has 2 fully saturated rings. The fraction of sp³-hybridized carbons (Fsp3) is 0.500. The fourth-order valence-electron chi connectivity index (χ4n) is 3.58. The molecule has 1 aliphatic heterocycles. The van der Waals surface area contributed by atoms with E-state index in [0.29, 0.717) is 24.3 Å². The predicted molar refractivity (Wildman–Crippen MR) is 114 cm³/mol. The number of pyridine rings is 1. The summed E-state index contributed by atoms with van der Waals surface area (Å²) in [4.78, 5) is 35.5. The number of carboxylic acid groups (broad SMARTS) is 2. The summed E-state index contributed by atoms with van der Waals surface area (Å²) in [6.07, 6.45) is 3.19. The van der Waals surface area contributed by atoms with Crippen molar-refractivity contribution in [2.75, 3.05) is 31.1 Å². The summed E-state index contributed by atoms with van der Waals surface area (Å²) in [7, 11) is 0. The number of hydrogen-bond acceptors (Lipinski definition) is 8. The number of carbonyl (C=O) groups excluding carboxylic acids is 2.